The lowest BCUT2D eigenvalue weighted by atomic mass is 9.90. The van der Waals surface area contributed by atoms with Crippen molar-refractivity contribution in [2.24, 2.45) is 0 Å². The van der Waals surface area contributed by atoms with Crippen molar-refractivity contribution in [2.75, 3.05) is 6.61 Å². The van der Waals surface area contributed by atoms with Gasteiger partial charge in [0.25, 0.3) is 11.6 Å². The second-order valence-corrected chi connectivity index (χ2v) is 7.09. The molecule has 9 heteroatoms. The van der Waals surface area contributed by atoms with Crippen LogP contribution in [-0.2, 0) is 4.79 Å². The molecule has 1 saturated heterocycles. The summed E-state index contributed by atoms with van der Waals surface area (Å²) in [4.78, 5) is 23.0. The first-order chi connectivity index (χ1) is 13.5. The molecule has 28 heavy (non-hydrogen) atoms. The van der Waals surface area contributed by atoms with Crippen LogP contribution < -0.4 is 10.7 Å². The topological polar surface area (TPSA) is 108 Å². The summed E-state index contributed by atoms with van der Waals surface area (Å²) in [5.74, 6) is -0.472. The molecule has 3 unspecified atom stereocenters. The maximum Gasteiger partial charge on any atom is 0.269 e. The minimum absolute atomic E-state index is 0.0185. The van der Waals surface area contributed by atoms with Crippen LogP contribution in [0.5, 0.6) is 0 Å². The molecule has 0 spiro atoms. The van der Waals surface area contributed by atoms with Crippen LogP contribution in [-0.4, -0.2) is 39.8 Å². The number of benzene rings is 2. The van der Waals surface area contributed by atoms with Gasteiger partial charge in [0.05, 0.1) is 17.6 Å². The Morgan fingerprint density at radius 1 is 1.14 bits per heavy atom. The number of carbonyl (C=O) groups excluding carboxylic acids is 1. The maximum absolute atomic E-state index is 12.7. The Bertz CT molecular complexity index is 945. The summed E-state index contributed by atoms with van der Waals surface area (Å²) in [6, 6.07) is 12.9. The summed E-state index contributed by atoms with van der Waals surface area (Å²) >= 11 is 5.99. The van der Waals surface area contributed by atoms with Gasteiger partial charge in [0.15, 0.2) is 0 Å². The van der Waals surface area contributed by atoms with Gasteiger partial charge in [-0.25, -0.2) is 5.43 Å². The summed E-state index contributed by atoms with van der Waals surface area (Å²) < 4.78 is 0. The Hall–Kier alpha value is -2.94. The molecule has 144 valence electrons. The summed E-state index contributed by atoms with van der Waals surface area (Å²) in [6.07, 6.45) is 1.00. The van der Waals surface area contributed by atoms with Gasteiger partial charge in [-0.1, -0.05) is 23.7 Å². The first kappa shape index (κ1) is 18.4. The SMILES string of the molecule is O=C1C=C(c2ccc([N+](=O)[O-])cc2)NC2C(c3ccc(Cl)cc3)C(CO)NN12. The van der Waals surface area contributed by atoms with E-state index in [1.807, 2.05) is 12.1 Å². The van der Waals surface area contributed by atoms with E-state index in [0.29, 0.717) is 16.3 Å². The van der Waals surface area contributed by atoms with E-state index < -0.39 is 11.1 Å². The molecule has 1 fully saturated rings. The molecule has 0 aromatic heterocycles. The monoisotopic (exact) mass is 400 g/mol. The predicted molar refractivity (Wildman–Crippen MR) is 103 cm³/mol. The normalized spacial score (nSPS) is 23.8. The molecule has 0 bridgehead atoms. The Balaban J connectivity index is 1.66. The van der Waals surface area contributed by atoms with Gasteiger partial charge in [-0.3, -0.25) is 19.9 Å². The molecule has 2 heterocycles. The fourth-order valence-corrected chi connectivity index (χ4v) is 3.78. The predicted octanol–water partition coefficient (Wildman–Crippen LogP) is 2.01. The van der Waals surface area contributed by atoms with Gasteiger partial charge in [0.1, 0.15) is 6.17 Å². The van der Waals surface area contributed by atoms with E-state index in [2.05, 4.69) is 10.7 Å². The molecule has 2 aliphatic heterocycles. The van der Waals surface area contributed by atoms with Crippen molar-refractivity contribution in [1.29, 1.82) is 0 Å². The molecular formula is C19H17ClN4O4. The van der Waals surface area contributed by atoms with Crippen molar-refractivity contribution in [3.63, 3.8) is 0 Å². The zero-order valence-corrected chi connectivity index (χ0v) is 15.3. The average Bonchev–Trinajstić information content (AvgIpc) is 3.08. The van der Waals surface area contributed by atoms with E-state index in [-0.39, 0.29) is 30.2 Å². The number of nitro benzene ring substituents is 1. The van der Waals surface area contributed by atoms with Crippen molar-refractivity contribution in [3.05, 3.63) is 80.9 Å². The van der Waals surface area contributed by atoms with Gasteiger partial charge in [0, 0.05) is 34.8 Å². The van der Waals surface area contributed by atoms with Gasteiger partial charge < -0.3 is 10.4 Å². The highest BCUT2D eigenvalue weighted by molar-refractivity contribution is 6.30. The first-order valence-electron chi connectivity index (χ1n) is 8.66. The fourth-order valence-electron chi connectivity index (χ4n) is 3.65. The van der Waals surface area contributed by atoms with E-state index in [9.17, 15) is 20.0 Å². The standard InChI is InChI=1S/C19H17ClN4O4/c20-13-5-1-12(2-6-13)18-16(10-25)22-23-17(26)9-15(21-19(18)23)11-3-7-14(8-4-11)24(27)28/h1-9,16,18-19,21-22,25H,10H2. The Kier molecular flexibility index (Phi) is 4.76. The second kappa shape index (κ2) is 7.23. The van der Waals surface area contributed by atoms with Crippen LogP contribution in [0.1, 0.15) is 17.0 Å². The lowest BCUT2D eigenvalue weighted by Crippen LogP contribution is -2.52. The molecule has 2 aromatic carbocycles. The number of aliphatic hydroxyl groups is 1. The smallest absolute Gasteiger partial charge is 0.269 e. The second-order valence-electron chi connectivity index (χ2n) is 6.65. The van der Waals surface area contributed by atoms with Crippen LogP contribution in [0.25, 0.3) is 5.70 Å². The number of nitrogens with one attached hydrogen (secondary N) is 2. The third-order valence-electron chi connectivity index (χ3n) is 5.01. The maximum atomic E-state index is 12.7. The number of carbonyl (C=O) groups is 1. The highest BCUT2D eigenvalue weighted by atomic mass is 35.5. The zero-order chi connectivity index (χ0) is 19.8. The zero-order valence-electron chi connectivity index (χ0n) is 14.6. The minimum atomic E-state index is -0.470. The third kappa shape index (κ3) is 3.22. The van der Waals surface area contributed by atoms with E-state index in [1.54, 1.807) is 24.3 Å². The number of halogens is 1. The van der Waals surface area contributed by atoms with Gasteiger partial charge >= 0.3 is 0 Å². The number of hydrogen-bond acceptors (Lipinski definition) is 6. The molecule has 4 rings (SSSR count). The molecule has 2 aliphatic rings. The Morgan fingerprint density at radius 2 is 1.82 bits per heavy atom. The number of fused-ring (bicyclic) bond motifs is 1. The highest BCUT2D eigenvalue weighted by Crippen LogP contribution is 2.35. The molecule has 0 radical (unpaired) electrons. The van der Waals surface area contributed by atoms with E-state index in [1.165, 1.54) is 23.2 Å². The highest BCUT2D eigenvalue weighted by Gasteiger charge is 2.46. The lowest BCUT2D eigenvalue weighted by molar-refractivity contribution is -0.384. The van der Waals surface area contributed by atoms with Crippen molar-refractivity contribution in [3.8, 4) is 0 Å². The van der Waals surface area contributed by atoms with Gasteiger partial charge in [-0.15, -0.1) is 0 Å². The molecule has 3 atom stereocenters. The number of aliphatic hydroxyl groups excluding tert-OH is 1. The van der Waals surface area contributed by atoms with Gasteiger partial charge in [-0.05, 0) is 35.4 Å². The molecule has 8 nitrogen and oxygen atoms in total. The minimum Gasteiger partial charge on any atom is -0.395 e. The summed E-state index contributed by atoms with van der Waals surface area (Å²) in [5.41, 5.74) is 5.20. The van der Waals surface area contributed by atoms with Crippen molar-refractivity contribution in [1.82, 2.24) is 15.8 Å². The molecule has 0 aliphatic carbocycles. The van der Waals surface area contributed by atoms with Crippen LogP contribution >= 0.6 is 11.6 Å². The molecule has 2 aromatic rings. The van der Waals surface area contributed by atoms with E-state index >= 15 is 0 Å². The molecular weight excluding hydrogens is 384 g/mol. The number of hydrazine groups is 1. The van der Waals surface area contributed by atoms with Gasteiger partial charge in [0.2, 0.25) is 0 Å². The van der Waals surface area contributed by atoms with E-state index in [0.717, 1.165) is 5.56 Å². The fraction of sp³-hybridized carbons (Fsp3) is 0.211. The van der Waals surface area contributed by atoms with Crippen LogP contribution in [0.2, 0.25) is 5.02 Å². The van der Waals surface area contributed by atoms with Crippen LogP contribution in [0, 0.1) is 10.1 Å². The largest absolute Gasteiger partial charge is 0.395 e. The molecule has 0 saturated carbocycles. The Labute approximate surface area is 165 Å². The third-order valence-corrected chi connectivity index (χ3v) is 5.26. The van der Waals surface area contributed by atoms with Gasteiger partial charge in [-0.2, -0.15) is 0 Å². The number of non-ortho nitro benzene ring substituents is 1. The first-order valence-corrected chi connectivity index (χ1v) is 9.04. The number of nitro groups is 1. The van der Waals surface area contributed by atoms with E-state index in [4.69, 9.17) is 11.6 Å². The number of rotatable bonds is 4. The number of amides is 1. The summed E-state index contributed by atoms with van der Waals surface area (Å²) in [7, 11) is 0. The number of nitrogens with zero attached hydrogens (tertiary/aromatic N) is 2. The quantitative estimate of drug-likeness (QED) is 0.535. The summed E-state index contributed by atoms with van der Waals surface area (Å²) in [5, 5.41) is 26.1. The van der Waals surface area contributed by atoms with Crippen LogP contribution in [0.4, 0.5) is 5.69 Å². The summed E-state index contributed by atoms with van der Waals surface area (Å²) in [6.45, 7) is -0.151. The van der Waals surface area contributed by atoms with Crippen molar-refractivity contribution < 1.29 is 14.8 Å². The molecule has 3 N–H and O–H groups in total. The van der Waals surface area contributed by atoms with Crippen LogP contribution in [0.3, 0.4) is 0 Å². The average molecular weight is 401 g/mol. The van der Waals surface area contributed by atoms with Crippen molar-refractivity contribution >= 4 is 28.9 Å². The van der Waals surface area contributed by atoms with Crippen LogP contribution in [0.15, 0.2) is 54.6 Å². The number of hydrogen-bond donors (Lipinski definition) is 3. The lowest BCUT2D eigenvalue weighted by Gasteiger charge is -2.33. The van der Waals surface area contributed by atoms with Crippen molar-refractivity contribution in [2.45, 2.75) is 18.1 Å². The Morgan fingerprint density at radius 3 is 2.43 bits per heavy atom. The molecule has 1 amide bonds.